The Hall–Kier alpha value is -4.86. The Bertz CT molecular complexity index is 1480. The zero-order chi connectivity index (χ0) is 26.6. The lowest BCUT2D eigenvalue weighted by atomic mass is 9.95. The first-order valence-electron chi connectivity index (χ1n) is 11.8. The molecule has 4 aromatic rings. The molecule has 0 saturated carbocycles. The SMILES string of the molecule is COc1ccc(OC)c(NC(=O)C2=C(C)Nc3ncnn3C2c2ccc(OCc3ccc(F)cc3)cc2)c1. The second kappa shape index (κ2) is 10.6. The van der Waals surface area contributed by atoms with E-state index in [1.807, 2.05) is 31.2 Å². The number of carbonyl (C=O) groups is 1. The van der Waals surface area contributed by atoms with Gasteiger partial charge >= 0.3 is 0 Å². The third kappa shape index (κ3) is 5.01. The molecule has 0 bridgehead atoms. The van der Waals surface area contributed by atoms with E-state index >= 15 is 0 Å². The predicted molar refractivity (Wildman–Crippen MR) is 140 cm³/mol. The Labute approximate surface area is 218 Å². The quantitative estimate of drug-likeness (QED) is 0.343. The van der Waals surface area contributed by atoms with E-state index < -0.39 is 6.04 Å². The number of amides is 1. The van der Waals surface area contributed by atoms with E-state index in [1.54, 1.807) is 42.1 Å². The Morgan fingerprint density at radius 1 is 1.03 bits per heavy atom. The summed E-state index contributed by atoms with van der Waals surface area (Å²) in [6.45, 7) is 2.12. The monoisotopic (exact) mass is 515 g/mol. The van der Waals surface area contributed by atoms with Crippen LogP contribution in [0, 0.1) is 5.82 Å². The molecule has 0 saturated heterocycles. The zero-order valence-corrected chi connectivity index (χ0v) is 21.1. The average molecular weight is 516 g/mol. The molecular weight excluding hydrogens is 489 g/mol. The van der Waals surface area contributed by atoms with Crippen molar-refractivity contribution in [3.05, 3.63) is 101 Å². The molecule has 0 radical (unpaired) electrons. The van der Waals surface area contributed by atoms with E-state index in [0.717, 1.165) is 11.1 Å². The van der Waals surface area contributed by atoms with Gasteiger partial charge in [-0.3, -0.25) is 4.79 Å². The van der Waals surface area contributed by atoms with Crippen LogP contribution in [-0.2, 0) is 11.4 Å². The molecular formula is C28H26FN5O4. The zero-order valence-electron chi connectivity index (χ0n) is 21.1. The predicted octanol–water partition coefficient (Wildman–Crippen LogP) is 4.94. The molecule has 38 heavy (non-hydrogen) atoms. The van der Waals surface area contributed by atoms with Crippen molar-refractivity contribution in [1.29, 1.82) is 0 Å². The number of anilines is 2. The maximum atomic E-state index is 13.7. The molecule has 1 aromatic heterocycles. The Morgan fingerprint density at radius 3 is 2.47 bits per heavy atom. The number of rotatable bonds is 8. The van der Waals surface area contributed by atoms with Crippen molar-refractivity contribution in [3.8, 4) is 17.2 Å². The number of methoxy groups -OCH3 is 2. The maximum absolute atomic E-state index is 13.7. The average Bonchev–Trinajstić information content (AvgIpc) is 3.40. The maximum Gasteiger partial charge on any atom is 0.255 e. The van der Waals surface area contributed by atoms with Gasteiger partial charge in [0.05, 0.1) is 25.5 Å². The van der Waals surface area contributed by atoms with Crippen LogP contribution in [0.1, 0.15) is 24.1 Å². The first-order valence-corrected chi connectivity index (χ1v) is 11.8. The molecule has 1 amide bonds. The lowest BCUT2D eigenvalue weighted by Crippen LogP contribution is -2.31. The normalized spacial score (nSPS) is 14.4. The number of nitrogens with zero attached hydrogens (tertiary/aromatic N) is 3. The van der Waals surface area contributed by atoms with Crippen molar-refractivity contribution >= 4 is 17.5 Å². The van der Waals surface area contributed by atoms with Crippen LogP contribution in [0.5, 0.6) is 17.2 Å². The van der Waals surface area contributed by atoms with Gasteiger partial charge in [-0.25, -0.2) is 9.07 Å². The van der Waals surface area contributed by atoms with Crippen molar-refractivity contribution in [1.82, 2.24) is 14.8 Å². The minimum Gasteiger partial charge on any atom is -0.497 e. The molecule has 1 atom stereocenters. The van der Waals surface area contributed by atoms with Crippen LogP contribution in [0.25, 0.3) is 0 Å². The van der Waals surface area contributed by atoms with Gasteiger partial charge in [0.1, 0.15) is 42.0 Å². The molecule has 2 N–H and O–H groups in total. The lowest BCUT2D eigenvalue weighted by molar-refractivity contribution is -0.113. The number of aromatic nitrogens is 3. The number of fused-ring (bicyclic) bond motifs is 1. The second-order valence-electron chi connectivity index (χ2n) is 8.60. The smallest absolute Gasteiger partial charge is 0.255 e. The van der Waals surface area contributed by atoms with E-state index in [2.05, 4.69) is 20.7 Å². The van der Waals surface area contributed by atoms with E-state index in [4.69, 9.17) is 14.2 Å². The molecule has 1 aliphatic heterocycles. The van der Waals surface area contributed by atoms with E-state index in [9.17, 15) is 9.18 Å². The highest BCUT2D eigenvalue weighted by Gasteiger charge is 2.33. The third-order valence-corrected chi connectivity index (χ3v) is 6.21. The number of nitrogens with one attached hydrogen (secondary N) is 2. The van der Waals surface area contributed by atoms with E-state index in [1.165, 1.54) is 25.6 Å². The summed E-state index contributed by atoms with van der Waals surface area (Å²) in [6.07, 6.45) is 1.44. The minimum atomic E-state index is -0.545. The fourth-order valence-electron chi connectivity index (χ4n) is 4.29. The molecule has 0 fully saturated rings. The Morgan fingerprint density at radius 2 is 1.76 bits per heavy atom. The molecule has 1 aliphatic rings. The molecule has 10 heteroatoms. The van der Waals surface area contributed by atoms with Gasteiger partial charge in [0.15, 0.2) is 0 Å². The van der Waals surface area contributed by atoms with Gasteiger partial charge in [-0.1, -0.05) is 24.3 Å². The number of ether oxygens (including phenoxy) is 3. The summed E-state index contributed by atoms with van der Waals surface area (Å²) < 4.78 is 31.4. The first kappa shape index (κ1) is 24.8. The molecule has 3 aromatic carbocycles. The van der Waals surface area contributed by atoms with Crippen molar-refractivity contribution < 1.29 is 23.4 Å². The van der Waals surface area contributed by atoms with E-state index in [-0.39, 0.29) is 11.7 Å². The van der Waals surface area contributed by atoms with Gasteiger partial charge in [-0.15, -0.1) is 0 Å². The highest BCUT2D eigenvalue weighted by molar-refractivity contribution is 6.06. The van der Waals surface area contributed by atoms with Crippen LogP contribution in [0.2, 0.25) is 0 Å². The topological polar surface area (TPSA) is 99.5 Å². The van der Waals surface area contributed by atoms with E-state index in [0.29, 0.717) is 46.8 Å². The van der Waals surface area contributed by atoms with Gasteiger partial charge in [0, 0.05) is 11.8 Å². The molecule has 194 valence electrons. The number of carbonyl (C=O) groups excluding carboxylic acids is 1. The van der Waals surface area contributed by atoms with Crippen LogP contribution in [-0.4, -0.2) is 34.9 Å². The van der Waals surface area contributed by atoms with Crippen LogP contribution >= 0.6 is 0 Å². The standard InChI is InChI=1S/C28H26FN5O4/c1-17-25(27(35)33-23-14-22(36-2)12-13-24(23)37-3)26(34-28(32-17)30-16-31-34)19-6-10-21(11-7-19)38-15-18-4-8-20(29)9-5-18/h4-14,16,26H,15H2,1-3H3,(H,33,35)(H,30,31,32). The first-order chi connectivity index (χ1) is 18.5. The summed E-state index contributed by atoms with van der Waals surface area (Å²) in [6, 6.07) is 18.2. The Kier molecular flexibility index (Phi) is 6.94. The minimum absolute atomic E-state index is 0.291. The second-order valence-corrected chi connectivity index (χ2v) is 8.60. The number of hydrogen-bond acceptors (Lipinski definition) is 7. The molecule has 9 nitrogen and oxygen atoms in total. The summed E-state index contributed by atoms with van der Waals surface area (Å²) in [7, 11) is 3.09. The van der Waals surface area contributed by atoms with Crippen molar-refractivity contribution in [2.45, 2.75) is 19.6 Å². The number of halogens is 1. The summed E-state index contributed by atoms with van der Waals surface area (Å²) >= 11 is 0. The molecule has 5 rings (SSSR count). The highest BCUT2D eigenvalue weighted by atomic mass is 19.1. The summed E-state index contributed by atoms with van der Waals surface area (Å²) in [4.78, 5) is 18.0. The summed E-state index contributed by atoms with van der Waals surface area (Å²) in [5.41, 5.74) is 3.25. The Balaban J connectivity index is 1.42. The molecule has 1 unspecified atom stereocenters. The highest BCUT2D eigenvalue weighted by Crippen LogP contribution is 2.37. The third-order valence-electron chi connectivity index (χ3n) is 6.21. The molecule has 0 aliphatic carbocycles. The van der Waals surface area contributed by atoms with Crippen molar-refractivity contribution in [3.63, 3.8) is 0 Å². The number of hydrogen-bond donors (Lipinski definition) is 2. The lowest BCUT2D eigenvalue weighted by Gasteiger charge is -2.29. The molecule has 0 spiro atoms. The van der Waals surface area contributed by atoms with Crippen LogP contribution in [0.15, 0.2) is 84.3 Å². The van der Waals surface area contributed by atoms with Gasteiger partial charge in [0.2, 0.25) is 5.95 Å². The van der Waals surface area contributed by atoms with Crippen molar-refractivity contribution in [2.75, 3.05) is 24.9 Å². The summed E-state index contributed by atoms with van der Waals surface area (Å²) in [5, 5.41) is 10.5. The number of benzene rings is 3. The fourth-order valence-corrected chi connectivity index (χ4v) is 4.29. The van der Waals surface area contributed by atoms with Crippen LogP contribution < -0.4 is 24.8 Å². The fraction of sp³-hybridized carbons (Fsp3) is 0.179. The van der Waals surface area contributed by atoms with Crippen molar-refractivity contribution in [2.24, 2.45) is 0 Å². The largest absolute Gasteiger partial charge is 0.497 e. The van der Waals surface area contributed by atoms with Gasteiger partial charge in [-0.2, -0.15) is 10.1 Å². The van der Waals surface area contributed by atoms with Crippen LogP contribution in [0.3, 0.4) is 0 Å². The van der Waals surface area contributed by atoms with Crippen LogP contribution in [0.4, 0.5) is 16.0 Å². The van der Waals surface area contributed by atoms with Gasteiger partial charge in [-0.05, 0) is 54.4 Å². The molecule has 2 heterocycles. The van der Waals surface area contributed by atoms with Gasteiger partial charge in [0.25, 0.3) is 5.91 Å². The number of allylic oxidation sites excluding steroid dienone is 1. The van der Waals surface area contributed by atoms with Gasteiger partial charge < -0.3 is 24.8 Å². The summed E-state index contributed by atoms with van der Waals surface area (Å²) in [5.74, 6) is 1.63.